The molecule has 0 heterocycles. The Labute approximate surface area is 210 Å². The highest BCUT2D eigenvalue weighted by Crippen LogP contribution is 2.24. The fourth-order valence-corrected chi connectivity index (χ4v) is 4.92. The van der Waals surface area contributed by atoms with Crippen LogP contribution in [0.2, 0.25) is 0 Å². The molecule has 0 saturated heterocycles. The number of hydrogen-bond acceptors (Lipinski definition) is 4. The van der Waals surface area contributed by atoms with Crippen LogP contribution in [0.5, 0.6) is 0 Å². The highest BCUT2D eigenvalue weighted by atomic mass is 32.2. The first-order valence-electron chi connectivity index (χ1n) is 12.3. The summed E-state index contributed by atoms with van der Waals surface area (Å²) in [6.45, 7) is 8.20. The topological polar surface area (TPSA) is 86.8 Å². The van der Waals surface area contributed by atoms with Gasteiger partial charge in [-0.15, -0.1) is 0 Å². The summed E-state index contributed by atoms with van der Waals surface area (Å²) in [5, 5.41) is 2.94. The van der Waals surface area contributed by atoms with Crippen molar-refractivity contribution in [2.75, 3.05) is 23.7 Å². The van der Waals surface area contributed by atoms with Gasteiger partial charge in [0.15, 0.2) is 0 Å². The molecule has 192 valence electrons. The number of benzene rings is 2. The number of nitrogens with one attached hydrogen (secondary N) is 1. The van der Waals surface area contributed by atoms with Gasteiger partial charge in [-0.1, -0.05) is 69.7 Å². The van der Waals surface area contributed by atoms with Crippen molar-refractivity contribution in [2.24, 2.45) is 0 Å². The van der Waals surface area contributed by atoms with Gasteiger partial charge in [0.2, 0.25) is 21.8 Å². The lowest BCUT2D eigenvalue weighted by Crippen LogP contribution is -2.52. The third kappa shape index (κ3) is 7.82. The molecule has 7 nitrogen and oxygen atoms in total. The summed E-state index contributed by atoms with van der Waals surface area (Å²) < 4.78 is 26.7. The highest BCUT2D eigenvalue weighted by Gasteiger charge is 2.32. The van der Waals surface area contributed by atoms with E-state index in [0.717, 1.165) is 40.1 Å². The molecule has 0 saturated carbocycles. The molecule has 2 amide bonds. The Hall–Kier alpha value is -2.87. The third-order valence-electron chi connectivity index (χ3n) is 6.14. The van der Waals surface area contributed by atoms with Gasteiger partial charge in [-0.05, 0) is 48.9 Å². The van der Waals surface area contributed by atoms with Gasteiger partial charge >= 0.3 is 0 Å². The minimum absolute atomic E-state index is 0.220. The van der Waals surface area contributed by atoms with Gasteiger partial charge in [0.25, 0.3) is 0 Å². The summed E-state index contributed by atoms with van der Waals surface area (Å²) in [6.07, 6.45) is 3.94. The fourth-order valence-electron chi connectivity index (χ4n) is 4.04. The number of unbranched alkanes of at least 4 members (excludes halogenated alkanes) is 1. The number of nitrogens with zero attached hydrogens (tertiary/aromatic N) is 2. The molecule has 0 spiro atoms. The summed E-state index contributed by atoms with van der Waals surface area (Å²) in [6, 6.07) is 14.2. The second kappa shape index (κ2) is 13.3. The first kappa shape index (κ1) is 28.4. The van der Waals surface area contributed by atoms with Crippen LogP contribution in [0.4, 0.5) is 5.69 Å². The lowest BCUT2D eigenvalue weighted by molar-refractivity contribution is -0.140. The molecule has 35 heavy (non-hydrogen) atoms. The van der Waals surface area contributed by atoms with Crippen LogP contribution >= 0.6 is 0 Å². The fraction of sp³-hybridized carbons (Fsp3) is 0.481. The predicted octanol–water partition coefficient (Wildman–Crippen LogP) is 4.05. The van der Waals surface area contributed by atoms with E-state index in [4.69, 9.17) is 0 Å². The Morgan fingerprint density at radius 1 is 0.971 bits per heavy atom. The van der Waals surface area contributed by atoms with Crippen LogP contribution in [-0.4, -0.2) is 50.5 Å². The minimum Gasteiger partial charge on any atom is -0.354 e. The molecule has 0 aliphatic heterocycles. The number of anilines is 1. The van der Waals surface area contributed by atoms with Crippen LogP contribution in [0.25, 0.3) is 0 Å². The molecule has 1 N–H and O–H groups in total. The van der Waals surface area contributed by atoms with E-state index in [0.29, 0.717) is 25.1 Å². The summed E-state index contributed by atoms with van der Waals surface area (Å²) in [5.41, 5.74) is 3.24. The van der Waals surface area contributed by atoms with Crippen molar-refractivity contribution in [3.8, 4) is 0 Å². The van der Waals surface area contributed by atoms with Crippen molar-refractivity contribution in [1.29, 1.82) is 0 Å². The Bertz CT molecular complexity index is 1100. The molecule has 1 atom stereocenters. The van der Waals surface area contributed by atoms with E-state index in [1.165, 1.54) is 4.90 Å². The molecule has 2 aromatic rings. The average molecular weight is 502 g/mol. The zero-order valence-corrected chi connectivity index (χ0v) is 22.4. The number of hydrogen-bond donors (Lipinski definition) is 1. The van der Waals surface area contributed by atoms with E-state index >= 15 is 0 Å². The van der Waals surface area contributed by atoms with Gasteiger partial charge in [-0.3, -0.25) is 13.9 Å². The first-order chi connectivity index (χ1) is 16.6. The Morgan fingerprint density at radius 3 is 2.17 bits per heavy atom. The quantitative estimate of drug-likeness (QED) is 0.420. The van der Waals surface area contributed by atoms with Crippen molar-refractivity contribution in [2.45, 2.75) is 66.0 Å². The maximum absolute atomic E-state index is 13.8. The number of carbonyl (C=O) groups is 2. The number of amides is 2. The molecule has 0 bridgehead atoms. The standard InChI is InChI=1S/C27H39N3O4S/c1-6-9-18-28-27(32)24(8-3)29(19-23-16-11-10-14-21(23)4)26(31)20-30(35(5,33)34)25-17-13-12-15-22(25)7-2/h10-17,24H,6-9,18-20H2,1-5H3,(H,28,32)/t24-/m0/s1. The Balaban J connectivity index is 2.45. The molecule has 0 aliphatic rings. The normalized spacial score (nSPS) is 12.1. The molecular formula is C27H39N3O4S. The van der Waals surface area contributed by atoms with E-state index < -0.39 is 22.0 Å². The van der Waals surface area contributed by atoms with Gasteiger partial charge in [-0.25, -0.2) is 8.42 Å². The minimum atomic E-state index is -3.75. The number of rotatable bonds is 13. The first-order valence-corrected chi connectivity index (χ1v) is 14.2. The molecular weight excluding hydrogens is 462 g/mol. The second-order valence-electron chi connectivity index (χ2n) is 8.77. The maximum atomic E-state index is 13.8. The molecule has 0 radical (unpaired) electrons. The maximum Gasteiger partial charge on any atom is 0.244 e. The molecule has 2 rings (SSSR count). The van der Waals surface area contributed by atoms with Crippen molar-refractivity contribution >= 4 is 27.5 Å². The van der Waals surface area contributed by atoms with Gasteiger partial charge in [0.05, 0.1) is 11.9 Å². The van der Waals surface area contributed by atoms with Crippen molar-refractivity contribution in [3.05, 3.63) is 65.2 Å². The van der Waals surface area contributed by atoms with Gasteiger partial charge < -0.3 is 10.2 Å². The van der Waals surface area contributed by atoms with E-state index in [9.17, 15) is 18.0 Å². The number of aryl methyl sites for hydroxylation is 2. The predicted molar refractivity (Wildman–Crippen MR) is 142 cm³/mol. The van der Waals surface area contributed by atoms with E-state index in [1.54, 1.807) is 12.1 Å². The van der Waals surface area contributed by atoms with E-state index in [-0.39, 0.29) is 19.0 Å². The lowest BCUT2D eigenvalue weighted by Gasteiger charge is -2.33. The SMILES string of the molecule is CCCCNC(=O)[C@H](CC)N(Cc1ccccc1C)C(=O)CN(c1ccccc1CC)S(C)(=O)=O. The number of para-hydroxylation sites is 1. The van der Waals surface area contributed by atoms with Gasteiger partial charge in [0.1, 0.15) is 12.6 Å². The zero-order chi connectivity index (χ0) is 26.0. The molecule has 0 unspecified atom stereocenters. The molecule has 8 heteroatoms. The average Bonchev–Trinajstić information content (AvgIpc) is 2.82. The number of carbonyl (C=O) groups excluding carboxylic acids is 2. The summed E-state index contributed by atoms with van der Waals surface area (Å²) in [7, 11) is -3.75. The summed E-state index contributed by atoms with van der Waals surface area (Å²) in [5.74, 6) is -0.634. The molecule has 2 aromatic carbocycles. The van der Waals surface area contributed by atoms with Crippen LogP contribution in [-0.2, 0) is 32.6 Å². The van der Waals surface area contributed by atoms with Crippen LogP contribution in [0.15, 0.2) is 48.5 Å². The Morgan fingerprint density at radius 2 is 1.60 bits per heavy atom. The van der Waals surface area contributed by atoms with Gasteiger partial charge in [-0.2, -0.15) is 0 Å². The van der Waals surface area contributed by atoms with Crippen molar-refractivity contribution < 1.29 is 18.0 Å². The van der Waals surface area contributed by atoms with Crippen LogP contribution in [0.3, 0.4) is 0 Å². The lowest BCUT2D eigenvalue weighted by atomic mass is 10.1. The van der Waals surface area contributed by atoms with Crippen LogP contribution < -0.4 is 9.62 Å². The second-order valence-corrected chi connectivity index (χ2v) is 10.7. The third-order valence-corrected chi connectivity index (χ3v) is 7.26. The highest BCUT2D eigenvalue weighted by molar-refractivity contribution is 7.92. The summed E-state index contributed by atoms with van der Waals surface area (Å²) in [4.78, 5) is 28.4. The smallest absolute Gasteiger partial charge is 0.244 e. The molecule has 0 fully saturated rings. The van der Waals surface area contributed by atoms with E-state index in [1.807, 2.05) is 64.1 Å². The van der Waals surface area contributed by atoms with Crippen molar-refractivity contribution in [1.82, 2.24) is 10.2 Å². The van der Waals surface area contributed by atoms with E-state index in [2.05, 4.69) is 5.32 Å². The Kier molecular flexibility index (Phi) is 10.8. The summed E-state index contributed by atoms with van der Waals surface area (Å²) >= 11 is 0. The number of sulfonamides is 1. The van der Waals surface area contributed by atoms with Crippen LogP contribution in [0.1, 0.15) is 56.7 Å². The molecule has 0 aliphatic carbocycles. The monoisotopic (exact) mass is 501 g/mol. The van der Waals surface area contributed by atoms with Crippen LogP contribution in [0, 0.1) is 6.92 Å². The van der Waals surface area contributed by atoms with Gasteiger partial charge in [0, 0.05) is 13.1 Å². The largest absolute Gasteiger partial charge is 0.354 e. The van der Waals surface area contributed by atoms with Crippen molar-refractivity contribution in [3.63, 3.8) is 0 Å². The zero-order valence-electron chi connectivity index (χ0n) is 21.6. The molecule has 0 aromatic heterocycles.